The number of methoxy groups -OCH3 is 1. The SMILES string of the molecule is COc1cc(/C=C2/SC(=S)N(NC(=O)c3ccoc3C)C2=O)ccc1OC(C)C(=O)O. The van der Waals surface area contributed by atoms with Gasteiger partial charge in [-0.2, -0.15) is 5.01 Å². The molecule has 1 saturated heterocycles. The van der Waals surface area contributed by atoms with E-state index in [1.807, 2.05) is 0 Å². The predicted molar refractivity (Wildman–Crippen MR) is 117 cm³/mol. The standard InChI is InChI=1S/C20H18N2O7S2/c1-10-13(6-7-28-10)17(23)21-22-18(24)16(31-20(22)30)9-12-4-5-14(15(8-12)27-3)29-11(2)19(25)26/h4-9,11H,1-3H3,(H,21,23)(H,25,26)/b16-9+. The van der Waals surface area contributed by atoms with Crippen molar-refractivity contribution in [3.63, 3.8) is 0 Å². The van der Waals surface area contributed by atoms with Gasteiger partial charge in [-0.25, -0.2) is 4.79 Å². The number of hydrogen-bond donors (Lipinski definition) is 2. The normalized spacial score (nSPS) is 15.8. The van der Waals surface area contributed by atoms with Gasteiger partial charge in [0.05, 0.1) is 23.8 Å². The number of ether oxygens (including phenoxy) is 2. The zero-order valence-corrected chi connectivity index (χ0v) is 18.3. The quantitative estimate of drug-likeness (QED) is 0.473. The Balaban J connectivity index is 1.78. The molecule has 2 N–H and O–H groups in total. The van der Waals surface area contributed by atoms with E-state index in [1.165, 1.54) is 26.4 Å². The maximum absolute atomic E-state index is 12.7. The van der Waals surface area contributed by atoms with Gasteiger partial charge in [-0.15, -0.1) is 0 Å². The van der Waals surface area contributed by atoms with Crippen LogP contribution in [0, 0.1) is 6.92 Å². The maximum atomic E-state index is 12.7. The van der Waals surface area contributed by atoms with Crippen molar-refractivity contribution in [2.45, 2.75) is 20.0 Å². The third-order valence-corrected chi connectivity index (χ3v) is 5.55. The van der Waals surface area contributed by atoms with Crippen LogP contribution in [0.15, 0.2) is 39.9 Å². The summed E-state index contributed by atoms with van der Waals surface area (Å²) >= 11 is 6.25. The van der Waals surface area contributed by atoms with Crippen LogP contribution >= 0.6 is 24.0 Å². The molecule has 0 bridgehead atoms. The van der Waals surface area contributed by atoms with Crippen LogP contribution in [0.4, 0.5) is 0 Å². The van der Waals surface area contributed by atoms with Crippen molar-refractivity contribution in [3.8, 4) is 11.5 Å². The topological polar surface area (TPSA) is 118 Å². The van der Waals surface area contributed by atoms with Gasteiger partial charge in [0.15, 0.2) is 21.9 Å². The second-order valence-corrected chi connectivity index (χ2v) is 8.03. The minimum absolute atomic E-state index is 0.174. The molecule has 1 fully saturated rings. The summed E-state index contributed by atoms with van der Waals surface area (Å²) in [6.07, 6.45) is 1.91. The van der Waals surface area contributed by atoms with Crippen LogP contribution in [-0.4, -0.2) is 45.4 Å². The number of thiocarbonyl (C=S) groups is 1. The van der Waals surface area contributed by atoms with Crippen molar-refractivity contribution < 1.29 is 33.4 Å². The van der Waals surface area contributed by atoms with E-state index < -0.39 is 23.9 Å². The second-order valence-electron chi connectivity index (χ2n) is 6.36. The number of nitrogens with zero attached hydrogens (tertiary/aromatic N) is 1. The van der Waals surface area contributed by atoms with Gasteiger partial charge in [-0.05, 0) is 55.9 Å². The van der Waals surface area contributed by atoms with Gasteiger partial charge < -0.3 is 19.0 Å². The summed E-state index contributed by atoms with van der Waals surface area (Å²) < 4.78 is 15.9. The Hall–Kier alpha value is -3.31. The summed E-state index contributed by atoms with van der Waals surface area (Å²) in [6, 6.07) is 6.30. The molecule has 0 aliphatic carbocycles. The van der Waals surface area contributed by atoms with E-state index in [1.54, 1.807) is 31.2 Å². The Morgan fingerprint density at radius 2 is 2.06 bits per heavy atom. The fourth-order valence-electron chi connectivity index (χ4n) is 2.61. The molecule has 31 heavy (non-hydrogen) atoms. The fourth-order valence-corrected chi connectivity index (χ4v) is 3.79. The van der Waals surface area contributed by atoms with Gasteiger partial charge >= 0.3 is 5.97 Å². The number of rotatable bonds is 7. The number of aryl methyl sites for hydroxylation is 1. The minimum Gasteiger partial charge on any atom is -0.493 e. The largest absolute Gasteiger partial charge is 0.493 e. The Labute approximate surface area is 187 Å². The van der Waals surface area contributed by atoms with Gasteiger partial charge in [-0.3, -0.25) is 15.0 Å². The molecule has 1 unspecified atom stereocenters. The van der Waals surface area contributed by atoms with E-state index in [9.17, 15) is 14.4 Å². The molecule has 11 heteroatoms. The van der Waals surface area contributed by atoms with Crippen molar-refractivity contribution in [3.05, 3.63) is 52.3 Å². The van der Waals surface area contributed by atoms with Crippen LogP contribution in [0.1, 0.15) is 28.6 Å². The first-order valence-corrected chi connectivity index (χ1v) is 10.1. The highest BCUT2D eigenvalue weighted by Crippen LogP contribution is 2.34. The predicted octanol–water partition coefficient (Wildman–Crippen LogP) is 2.99. The summed E-state index contributed by atoms with van der Waals surface area (Å²) in [5.74, 6) is -1.12. The highest BCUT2D eigenvalue weighted by molar-refractivity contribution is 8.26. The second kappa shape index (κ2) is 9.23. The van der Waals surface area contributed by atoms with Gasteiger partial charge in [0.25, 0.3) is 11.8 Å². The number of carboxylic acids is 1. The summed E-state index contributed by atoms with van der Waals surface area (Å²) in [7, 11) is 1.42. The smallest absolute Gasteiger partial charge is 0.344 e. The number of furan rings is 1. The lowest BCUT2D eigenvalue weighted by Crippen LogP contribution is -2.44. The summed E-state index contributed by atoms with van der Waals surface area (Å²) in [5, 5.41) is 10.0. The average Bonchev–Trinajstić information content (AvgIpc) is 3.27. The van der Waals surface area contributed by atoms with E-state index in [2.05, 4.69) is 5.43 Å². The minimum atomic E-state index is -1.11. The number of aliphatic carboxylic acids is 1. The molecule has 1 aromatic heterocycles. The van der Waals surface area contributed by atoms with Crippen LogP contribution in [0.3, 0.4) is 0 Å². The van der Waals surface area contributed by atoms with Crippen LogP contribution in [-0.2, 0) is 9.59 Å². The molecular formula is C20H18N2O7S2. The first-order chi connectivity index (χ1) is 14.7. The van der Waals surface area contributed by atoms with Crippen molar-refractivity contribution in [1.82, 2.24) is 10.4 Å². The third kappa shape index (κ3) is 4.89. The number of carboxylic acid groups (broad SMARTS) is 1. The Kier molecular flexibility index (Phi) is 6.66. The Bertz CT molecular complexity index is 1090. The highest BCUT2D eigenvalue weighted by Gasteiger charge is 2.34. The number of benzene rings is 1. The number of hydrazine groups is 1. The third-order valence-electron chi connectivity index (χ3n) is 4.25. The molecule has 162 valence electrons. The Morgan fingerprint density at radius 3 is 2.68 bits per heavy atom. The molecule has 2 aromatic rings. The number of nitrogens with one attached hydrogen (secondary N) is 1. The number of thioether (sulfide) groups is 1. The van der Waals surface area contributed by atoms with E-state index in [0.29, 0.717) is 27.5 Å². The van der Waals surface area contributed by atoms with Crippen LogP contribution in [0.25, 0.3) is 6.08 Å². The molecule has 1 aliphatic heterocycles. The van der Waals surface area contributed by atoms with Crippen molar-refractivity contribution in [2.75, 3.05) is 7.11 Å². The monoisotopic (exact) mass is 462 g/mol. The molecular weight excluding hydrogens is 444 g/mol. The molecule has 1 atom stereocenters. The molecule has 9 nitrogen and oxygen atoms in total. The average molecular weight is 463 g/mol. The van der Waals surface area contributed by atoms with Gasteiger partial charge in [0.1, 0.15) is 5.76 Å². The first kappa shape index (κ1) is 22.4. The molecule has 1 aromatic carbocycles. The van der Waals surface area contributed by atoms with E-state index in [0.717, 1.165) is 16.8 Å². The molecule has 0 spiro atoms. The van der Waals surface area contributed by atoms with Gasteiger partial charge in [-0.1, -0.05) is 17.8 Å². The number of carbonyl (C=O) groups is 3. The molecule has 0 radical (unpaired) electrons. The highest BCUT2D eigenvalue weighted by atomic mass is 32.2. The maximum Gasteiger partial charge on any atom is 0.344 e. The lowest BCUT2D eigenvalue weighted by Gasteiger charge is -2.15. The van der Waals surface area contributed by atoms with Crippen molar-refractivity contribution in [1.29, 1.82) is 0 Å². The molecule has 2 heterocycles. The van der Waals surface area contributed by atoms with Crippen molar-refractivity contribution >= 4 is 52.2 Å². The van der Waals surface area contributed by atoms with Crippen molar-refractivity contribution in [2.24, 2.45) is 0 Å². The van der Waals surface area contributed by atoms with Crippen LogP contribution in [0.2, 0.25) is 0 Å². The lowest BCUT2D eigenvalue weighted by atomic mass is 10.2. The molecule has 1 aliphatic rings. The molecule has 2 amide bonds. The fraction of sp³-hybridized carbons (Fsp3) is 0.200. The van der Waals surface area contributed by atoms with Gasteiger partial charge in [0, 0.05) is 0 Å². The van der Waals surface area contributed by atoms with E-state index >= 15 is 0 Å². The first-order valence-electron chi connectivity index (χ1n) is 8.91. The summed E-state index contributed by atoms with van der Waals surface area (Å²) in [4.78, 5) is 36.4. The lowest BCUT2D eigenvalue weighted by molar-refractivity contribution is -0.144. The zero-order chi connectivity index (χ0) is 22.7. The zero-order valence-electron chi connectivity index (χ0n) is 16.7. The van der Waals surface area contributed by atoms with Crippen LogP contribution in [0.5, 0.6) is 11.5 Å². The Morgan fingerprint density at radius 1 is 1.32 bits per heavy atom. The molecule has 3 rings (SSSR count). The number of hydrogen-bond acceptors (Lipinski definition) is 8. The van der Waals surface area contributed by atoms with E-state index in [4.69, 9.17) is 31.2 Å². The number of amides is 2. The van der Waals surface area contributed by atoms with E-state index in [-0.39, 0.29) is 10.1 Å². The number of carbonyl (C=O) groups excluding carboxylic acids is 2. The van der Waals surface area contributed by atoms with Crippen LogP contribution < -0.4 is 14.9 Å². The van der Waals surface area contributed by atoms with Gasteiger partial charge in [0.2, 0.25) is 0 Å². The summed E-state index contributed by atoms with van der Waals surface area (Å²) in [5.41, 5.74) is 3.38. The summed E-state index contributed by atoms with van der Waals surface area (Å²) in [6.45, 7) is 3.04. The molecule has 0 saturated carbocycles.